The third-order valence-electron chi connectivity index (χ3n) is 5.58. The first-order valence-electron chi connectivity index (χ1n) is 9.19. The Hall–Kier alpha value is -2.28. The standard InChI is InChI=1S/C22H20F2NO2P/c1-28(2,27)19-7-6-15(17-10-18(24)22(26)21(17)19)16-5-3-4-12-8-14(23)9-13(11-25)20(12)16/h5-9,18,22,26H,3-4,10H2,1-2H3/t18-,22-/m1/s1. The number of aliphatic hydroxyl groups excluding tert-OH is 1. The van der Waals surface area contributed by atoms with Crippen molar-refractivity contribution in [2.45, 2.75) is 31.5 Å². The Morgan fingerprint density at radius 3 is 2.71 bits per heavy atom. The van der Waals surface area contributed by atoms with Crippen LogP contribution in [-0.2, 0) is 17.4 Å². The maximum absolute atomic E-state index is 14.5. The summed E-state index contributed by atoms with van der Waals surface area (Å²) in [5, 5.41) is 20.5. The summed E-state index contributed by atoms with van der Waals surface area (Å²) in [6.07, 6.45) is 0.522. The van der Waals surface area contributed by atoms with Gasteiger partial charge in [-0.25, -0.2) is 8.78 Å². The Morgan fingerprint density at radius 1 is 1.29 bits per heavy atom. The number of benzene rings is 2. The van der Waals surface area contributed by atoms with Crippen molar-refractivity contribution in [1.29, 1.82) is 5.26 Å². The van der Waals surface area contributed by atoms with Gasteiger partial charge in [0.15, 0.2) is 0 Å². The van der Waals surface area contributed by atoms with Crippen LogP contribution >= 0.6 is 7.14 Å². The predicted octanol–water partition coefficient (Wildman–Crippen LogP) is 4.25. The normalized spacial score (nSPS) is 20.9. The molecule has 0 bridgehead atoms. The minimum absolute atomic E-state index is 0.0232. The molecule has 0 saturated heterocycles. The van der Waals surface area contributed by atoms with Crippen molar-refractivity contribution in [2.24, 2.45) is 0 Å². The molecule has 0 saturated carbocycles. The van der Waals surface area contributed by atoms with Crippen LogP contribution in [-0.4, -0.2) is 24.6 Å². The highest BCUT2D eigenvalue weighted by Gasteiger charge is 2.38. The van der Waals surface area contributed by atoms with Gasteiger partial charge >= 0.3 is 0 Å². The number of hydrogen-bond acceptors (Lipinski definition) is 3. The quantitative estimate of drug-likeness (QED) is 0.768. The molecular formula is C22H20F2NO2P. The number of fused-ring (bicyclic) bond motifs is 2. The monoisotopic (exact) mass is 399 g/mol. The second kappa shape index (κ2) is 6.65. The molecular weight excluding hydrogens is 379 g/mol. The highest BCUT2D eigenvalue weighted by molar-refractivity contribution is 7.70. The van der Waals surface area contributed by atoms with Gasteiger partial charge in [0.2, 0.25) is 0 Å². The van der Waals surface area contributed by atoms with E-state index in [9.17, 15) is 23.7 Å². The van der Waals surface area contributed by atoms with Crippen molar-refractivity contribution >= 4 is 18.0 Å². The molecule has 0 spiro atoms. The van der Waals surface area contributed by atoms with Crippen molar-refractivity contribution in [3.8, 4) is 6.07 Å². The average Bonchev–Trinajstić information content (AvgIpc) is 2.93. The zero-order valence-electron chi connectivity index (χ0n) is 15.7. The smallest absolute Gasteiger partial charge is 0.134 e. The van der Waals surface area contributed by atoms with Gasteiger partial charge in [0.25, 0.3) is 0 Å². The van der Waals surface area contributed by atoms with Crippen molar-refractivity contribution in [3.05, 3.63) is 69.5 Å². The average molecular weight is 399 g/mol. The summed E-state index contributed by atoms with van der Waals surface area (Å²) >= 11 is 0. The van der Waals surface area contributed by atoms with E-state index in [-0.39, 0.29) is 12.0 Å². The molecule has 6 heteroatoms. The minimum atomic E-state index is -2.72. The molecule has 144 valence electrons. The van der Waals surface area contributed by atoms with Crippen LogP contribution in [0.3, 0.4) is 0 Å². The van der Waals surface area contributed by atoms with Gasteiger partial charge in [-0.3, -0.25) is 0 Å². The van der Waals surface area contributed by atoms with Crippen molar-refractivity contribution in [1.82, 2.24) is 0 Å². The molecule has 2 aliphatic carbocycles. The Balaban J connectivity index is 1.98. The molecule has 1 N–H and O–H groups in total. The molecule has 0 radical (unpaired) electrons. The maximum atomic E-state index is 14.5. The van der Waals surface area contributed by atoms with E-state index in [0.717, 1.165) is 16.7 Å². The van der Waals surface area contributed by atoms with E-state index in [0.29, 0.717) is 34.8 Å². The van der Waals surface area contributed by atoms with Crippen molar-refractivity contribution < 1.29 is 18.5 Å². The Labute approximate surface area is 162 Å². The number of rotatable bonds is 2. The third-order valence-corrected chi connectivity index (χ3v) is 7.13. The lowest BCUT2D eigenvalue weighted by molar-refractivity contribution is 0.0932. The number of halogens is 2. The van der Waals surface area contributed by atoms with Crippen molar-refractivity contribution in [2.75, 3.05) is 13.3 Å². The van der Waals surface area contributed by atoms with Crippen LogP contribution < -0.4 is 5.30 Å². The van der Waals surface area contributed by atoms with Gasteiger partial charge in [0.1, 0.15) is 25.2 Å². The summed E-state index contributed by atoms with van der Waals surface area (Å²) in [7, 11) is -2.72. The molecule has 2 aromatic carbocycles. The maximum Gasteiger partial charge on any atom is 0.134 e. The summed E-state index contributed by atoms with van der Waals surface area (Å²) in [6, 6.07) is 8.21. The molecule has 2 aliphatic rings. The van der Waals surface area contributed by atoms with Gasteiger partial charge in [-0.05, 0) is 66.1 Å². The molecule has 0 heterocycles. The molecule has 0 unspecified atom stereocenters. The van der Waals surface area contributed by atoms with E-state index in [1.54, 1.807) is 25.5 Å². The molecule has 2 aromatic rings. The van der Waals surface area contributed by atoms with Gasteiger partial charge in [-0.2, -0.15) is 5.26 Å². The van der Waals surface area contributed by atoms with E-state index in [2.05, 4.69) is 6.07 Å². The lowest BCUT2D eigenvalue weighted by Gasteiger charge is -2.23. The fourth-order valence-corrected chi connectivity index (χ4v) is 5.68. The zero-order chi connectivity index (χ0) is 20.2. The van der Waals surface area contributed by atoms with E-state index >= 15 is 0 Å². The van der Waals surface area contributed by atoms with E-state index in [1.807, 2.05) is 6.08 Å². The molecule has 28 heavy (non-hydrogen) atoms. The topological polar surface area (TPSA) is 61.1 Å². The minimum Gasteiger partial charge on any atom is -0.385 e. The van der Waals surface area contributed by atoms with Crippen LogP contribution in [0.2, 0.25) is 0 Å². The SMILES string of the molecule is CP(C)(=O)c1ccc(C2=CCCc3cc(F)cc(C#N)c32)c2c1[C@H](O)[C@H](F)C2. The number of alkyl halides is 1. The van der Waals surface area contributed by atoms with E-state index < -0.39 is 25.2 Å². The lowest BCUT2D eigenvalue weighted by Crippen LogP contribution is -2.17. The Bertz CT molecular complexity index is 1110. The highest BCUT2D eigenvalue weighted by Crippen LogP contribution is 2.46. The summed E-state index contributed by atoms with van der Waals surface area (Å²) in [4.78, 5) is 0. The van der Waals surface area contributed by atoms with Gasteiger partial charge in [0.05, 0.1) is 11.6 Å². The number of aryl methyl sites for hydroxylation is 1. The Kier molecular flexibility index (Phi) is 4.53. The summed E-state index contributed by atoms with van der Waals surface area (Å²) in [6.45, 7) is 3.21. The molecule has 0 amide bonds. The second-order valence-corrected chi connectivity index (χ2v) is 11.0. The largest absolute Gasteiger partial charge is 0.385 e. The first kappa shape index (κ1) is 19.1. The predicted molar refractivity (Wildman–Crippen MR) is 106 cm³/mol. The molecule has 0 fully saturated rings. The van der Waals surface area contributed by atoms with E-state index in [4.69, 9.17) is 0 Å². The van der Waals surface area contributed by atoms with Gasteiger partial charge in [-0.1, -0.05) is 18.2 Å². The lowest BCUT2D eigenvalue weighted by atomic mass is 9.82. The highest BCUT2D eigenvalue weighted by atomic mass is 31.2. The van der Waals surface area contributed by atoms with Gasteiger partial charge in [0, 0.05) is 17.3 Å². The van der Waals surface area contributed by atoms with Gasteiger partial charge < -0.3 is 9.67 Å². The molecule has 0 aromatic heterocycles. The van der Waals surface area contributed by atoms with Gasteiger partial charge in [-0.15, -0.1) is 0 Å². The molecule has 0 aliphatic heterocycles. The summed E-state index contributed by atoms with van der Waals surface area (Å²) in [5.74, 6) is -0.450. The molecule has 2 atom stereocenters. The molecule has 3 nitrogen and oxygen atoms in total. The Morgan fingerprint density at radius 2 is 2.04 bits per heavy atom. The van der Waals surface area contributed by atoms with Crippen LogP contribution in [0.1, 0.15) is 45.9 Å². The van der Waals surface area contributed by atoms with Crippen LogP contribution in [0.5, 0.6) is 0 Å². The fraction of sp³-hybridized carbons (Fsp3) is 0.318. The number of aliphatic hydroxyl groups is 1. The van der Waals surface area contributed by atoms with Crippen LogP contribution in [0, 0.1) is 17.1 Å². The first-order chi connectivity index (χ1) is 13.2. The number of hydrogen-bond donors (Lipinski definition) is 1. The van der Waals surface area contributed by atoms with Crippen LogP contribution in [0.25, 0.3) is 5.57 Å². The van der Waals surface area contributed by atoms with E-state index in [1.165, 1.54) is 12.1 Å². The van der Waals surface area contributed by atoms with Crippen LogP contribution in [0.15, 0.2) is 30.3 Å². The number of nitriles is 1. The fourth-order valence-electron chi connectivity index (χ4n) is 4.40. The summed E-state index contributed by atoms with van der Waals surface area (Å²) < 4.78 is 41.1. The number of allylic oxidation sites excluding steroid dienone is 1. The first-order valence-corrected chi connectivity index (χ1v) is 11.8. The molecule has 4 rings (SSSR count). The van der Waals surface area contributed by atoms with Crippen molar-refractivity contribution in [3.63, 3.8) is 0 Å². The number of nitrogens with zero attached hydrogens (tertiary/aromatic N) is 1. The second-order valence-electron chi connectivity index (χ2n) is 7.80. The zero-order valence-corrected chi connectivity index (χ0v) is 16.6. The third kappa shape index (κ3) is 2.92. The van der Waals surface area contributed by atoms with Crippen LogP contribution in [0.4, 0.5) is 8.78 Å². The summed E-state index contributed by atoms with van der Waals surface area (Å²) in [5.41, 5.74) is 4.17.